The van der Waals surface area contributed by atoms with E-state index in [0.29, 0.717) is 13.1 Å². The summed E-state index contributed by atoms with van der Waals surface area (Å²) >= 11 is 0. The lowest BCUT2D eigenvalue weighted by molar-refractivity contribution is -0.131. The lowest BCUT2D eigenvalue weighted by Gasteiger charge is -2.23. The SMILES string of the molecule is CN(CCc1ccccn1)C(=O)C(CN)c1ccccc1. The number of nitrogens with two attached hydrogens (primary N) is 1. The van der Waals surface area contributed by atoms with Crippen LogP contribution in [0.4, 0.5) is 0 Å². The number of carbonyl (C=O) groups is 1. The molecular weight excluding hydrogens is 262 g/mol. The van der Waals surface area contributed by atoms with Gasteiger partial charge in [0.05, 0.1) is 5.92 Å². The molecule has 2 aromatic rings. The molecule has 4 nitrogen and oxygen atoms in total. The number of rotatable bonds is 6. The lowest BCUT2D eigenvalue weighted by Crippen LogP contribution is -2.36. The third-order valence-corrected chi connectivity index (χ3v) is 3.54. The van der Waals surface area contributed by atoms with E-state index in [4.69, 9.17) is 5.73 Å². The zero-order valence-electron chi connectivity index (χ0n) is 12.3. The second-order valence-corrected chi connectivity index (χ2v) is 5.03. The van der Waals surface area contributed by atoms with Gasteiger partial charge in [-0.15, -0.1) is 0 Å². The summed E-state index contributed by atoms with van der Waals surface area (Å²) < 4.78 is 0. The summed E-state index contributed by atoms with van der Waals surface area (Å²) in [5, 5.41) is 0. The molecule has 0 bridgehead atoms. The Morgan fingerprint density at radius 3 is 2.52 bits per heavy atom. The van der Waals surface area contributed by atoms with Crippen molar-refractivity contribution in [2.45, 2.75) is 12.3 Å². The summed E-state index contributed by atoms with van der Waals surface area (Å²) in [4.78, 5) is 18.5. The molecule has 21 heavy (non-hydrogen) atoms. The van der Waals surface area contributed by atoms with E-state index in [1.54, 1.807) is 11.1 Å². The topological polar surface area (TPSA) is 59.2 Å². The molecule has 0 aliphatic rings. The Labute approximate surface area is 125 Å². The van der Waals surface area contributed by atoms with Crippen LogP contribution in [0.15, 0.2) is 54.7 Å². The van der Waals surface area contributed by atoms with Crippen LogP contribution in [-0.4, -0.2) is 35.9 Å². The smallest absolute Gasteiger partial charge is 0.231 e. The van der Waals surface area contributed by atoms with E-state index < -0.39 is 0 Å². The second-order valence-electron chi connectivity index (χ2n) is 5.03. The average Bonchev–Trinajstić information content (AvgIpc) is 2.55. The number of likely N-dealkylation sites (N-methyl/N-ethyl adjacent to an activating group) is 1. The van der Waals surface area contributed by atoms with Crippen LogP contribution in [0.1, 0.15) is 17.2 Å². The first-order chi connectivity index (χ1) is 10.2. The molecule has 0 radical (unpaired) electrons. The van der Waals surface area contributed by atoms with E-state index in [1.807, 2.05) is 55.6 Å². The predicted octanol–water partition coefficient (Wildman–Crippen LogP) is 1.82. The van der Waals surface area contributed by atoms with Crippen molar-refractivity contribution in [2.24, 2.45) is 5.73 Å². The van der Waals surface area contributed by atoms with Gasteiger partial charge >= 0.3 is 0 Å². The van der Waals surface area contributed by atoms with Crippen molar-refractivity contribution in [1.29, 1.82) is 0 Å². The summed E-state index contributed by atoms with van der Waals surface area (Å²) in [6.07, 6.45) is 2.51. The van der Waals surface area contributed by atoms with Crippen LogP contribution in [-0.2, 0) is 11.2 Å². The summed E-state index contributed by atoms with van der Waals surface area (Å²) in [6.45, 7) is 0.954. The monoisotopic (exact) mass is 283 g/mol. The van der Waals surface area contributed by atoms with Gasteiger partial charge in [-0.3, -0.25) is 9.78 Å². The van der Waals surface area contributed by atoms with Crippen LogP contribution in [0, 0.1) is 0 Å². The molecule has 1 aromatic carbocycles. The Balaban J connectivity index is 1.97. The van der Waals surface area contributed by atoms with Gasteiger partial charge in [-0.25, -0.2) is 0 Å². The van der Waals surface area contributed by atoms with E-state index in [0.717, 1.165) is 17.7 Å². The second kappa shape index (κ2) is 7.55. The van der Waals surface area contributed by atoms with Crippen molar-refractivity contribution in [3.63, 3.8) is 0 Å². The van der Waals surface area contributed by atoms with E-state index in [-0.39, 0.29) is 11.8 Å². The van der Waals surface area contributed by atoms with Gasteiger partial charge in [0.2, 0.25) is 5.91 Å². The van der Waals surface area contributed by atoms with Crippen molar-refractivity contribution in [3.8, 4) is 0 Å². The number of nitrogens with zero attached hydrogens (tertiary/aromatic N) is 2. The fourth-order valence-electron chi connectivity index (χ4n) is 2.27. The van der Waals surface area contributed by atoms with Gasteiger partial charge in [0.1, 0.15) is 0 Å². The average molecular weight is 283 g/mol. The molecule has 0 saturated carbocycles. The fourth-order valence-corrected chi connectivity index (χ4v) is 2.27. The van der Waals surface area contributed by atoms with Crippen LogP contribution in [0.2, 0.25) is 0 Å². The Hall–Kier alpha value is -2.20. The molecule has 0 aliphatic carbocycles. The molecule has 110 valence electrons. The minimum atomic E-state index is -0.278. The number of benzene rings is 1. The summed E-state index contributed by atoms with van der Waals surface area (Å²) in [7, 11) is 1.82. The molecule has 1 aromatic heterocycles. The molecule has 2 N–H and O–H groups in total. The van der Waals surface area contributed by atoms with E-state index in [2.05, 4.69) is 4.98 Å². The lowest BCUT2D eigenvalue weighted by atomic mass is 9.98. The number of carbonyl (C=O) groups excluding carboxylic acids is 1. The Morgan fingerprint density at radius 2 is 1.90 bits per heavy atom. The first-order valence-corrected chi connectivity index (χ1v) is 7.12. The minimum Gasteiger partial charge on any atom is -0.345 e. The van der Waals surface area contributed by atoms with Crippen molar-refractivity contribution in [2.75, 3.05) is 20.1 Å². The van der Waals surface area contributed by atoms with Crippen LogP contribution >= 0.6 is 0 Å². The van der Waals surface area contributed by atoms with Crippen LogP contribution in [0.3, 0.4) is 0 Å². The largest absolute Gasteiger partial charge is 0.345 e. The van der Waals surface area contributed by atoms with Crippen molar-refractivity contribution in [3.05, 3.63) is 66.0 Å². The molecule has 1 heterocycles. The first kappa shape index (κ1) is 15.2. The van der Waals surface area contributed by atoms with E-state index in [9.17, 15) is 4.79 Å². The molecule has 1 amide bonds. The maximum absolute atomic E-state index is 12.5. The molecule has 0 fully saturated rings. The van der Waals surface area contributed by atoms with Gasteiger partial charge in [0, 0.05) is 38.4 Å². The highest BCUT2D eigenvalue weighted by molar-refractivity contribution is 5.83. The van der Waals surface area contributed by atoms with Gasteiger partial charge in [0.15, 0.2) is 0 Å². The third kappa shape index (κ3) is 4.13. The fraction of sp³-hybridized carbons (Fsp3) is 0.294. The molecule has 2 rings (SSSR count). The zero-order valence-corrected chi connectivity index (χ0v) is 12.3. The van der Waals surface area contributed by atoms with Crippen LogP contribution in [0.25, 0.3) is 0 Å². The Kier molecular flexibility index (Phi) is 5.46. The molecule has 0 aliphatic heterocycles. The number of amides is 1. The van der Waals surface area contributed by atoms with Gasteiger partial charge in [-0.1, -0.05) is 36.4 Å². The van der Waals surface area contributed by atoms with Crippen LogP contribution in [0.5, 0.6) is 0 Å². The van der Waals surface area contributed by atoms with Crippen LogP contribution < -0.4 is 5.73 Å². The van der Waals surface area contributed by atoms with E-state index >= 15 is 0 Å². The molecule has 4 heteroatoms. The maximum Gasteiger partial charge on any atom is 0.231 e. The zero-order chi connectivity index (χ0) is 15.1. The maximum atomic E-state index is 12.5. The van der Waals surface area contributed by atoms with Gasteiger partial charge in [0.25, 0.3) is 0 Å². The first-order valence-electron chi connectivity index (χ1n) is 7.12. The van der Waals surface area contributed by atoms with Gasteiger partial charge < -0.3 is 10.6 Å². The van der Waals surface area contributed by atoms with Crippen molar-refractivity contribution < 1.29 is 4.79 Å². The van der Waals surface area contributed by atoms with Crippen molar-refractivity contribution in [1.82, 2.24) is 9.88 Å². The molecule has 0 saturated heterocycles. The predicted molar refractivity (Wildman–Crippen MR) is 83.8 cm³/mol. The number of aromatic nitrogens is 1. The summed E-state index contributed by atoms with van der Waals surface area (Å²) in [6, 6.07) is 15.5. The number of hydrogen-bond acceptors (Lipinski definition) is 3. The highest BCUT2D eigenvalue weighted by Gasteiger charge is 2.22. The van der Waals surface area contributed by atoms with E-state index in [1.165, 1.54) is 0 Å². The van der Waals surface area contributed by atoms with Gasteiger partial charge in [-0.05, 0) is 17.7 Å². The highest BCUT2D eigenvalue weighted by Crippen LogP contribution is 2.16. The minimum absolute atomic E-state index is 0.0552. The highest BCUT2D eigenvalue weighted by atomic mass is 16.2. The van der Waals surface area contributed by atoms with Crippen molar-refractivity contribution >= 4 is 5.91 Å². The Morgan fingerprint density at radius 1 is 1.19 bits per heavy atom. The van der Waals surface area contributed by atoms with Gasteiger partial charge in [-0.2, -0.15) is 0 Å². The summed E-state index contributed by atoms with van der Waals surface area (Å²) in [5.74, 6) is -0.223. The Bertz CT molecular complexity index is 557. The third-order valence-electron chi connectivity index (χ3n) is 3.54. The molecular formula is C17H21N3O. The molecule has 1 unspecified atom stereocenters. The molecule has 1 atom stereocenters. The number of pyridine rings is 1. The normalized spacial score (nSPS) is 11.9. The number of hydrogen-bond donors (Lipinski definition) is 1. The molecule has 0 spiro atoms. The standard InChI is InChI=1S/C17H21N3O/c1-20(12-10-15-9-5-6-11-19-15)17(21)16(13-18)14-7-3-2-4-8-14/h2-9,11,16H,10,12-13,18H2,1H3. The summed E-state index contributed by atoms with van der Waals surface area (Å²) in [5.41, 5.74) is 7.75. The quantitative estimate of drug-likeness (QED) is 0.880.